The van der Waals surface area contributed by atoms with E-state index in [1.54, 1.807) is 19.2 Å². The molecule has 0 saturated carbocycles. The fraction of sp³-hybridized carbons (Fsp3) is 0.409. The maximum Gasteiger partial charge on any atom is 0.251 e. The molecule has 1 aliphatic rings. The first-order valence-corrected chi connectivity index (χ1v) is 9.45. The second-order valence-electron chi connectivity index (χ2n) is 7.06. The Morgan fingerprint density at radius 1 is 1.11 bits per heavy atom. The van der Waals surface area contributed by atoms with Gasteiger partial charge in [-0.25, -0.2) is 0 Å². The van der Waals surface area contributed by atoms with Crippen molar-refractivity contribution in [2.24, 2.45) is 5.92 Å². The van der Waals surface area contributed by atoms with Gasteiger partial charge in [-0.2, -0.15) is 0 Å². The van der Waals surface area contributed by atoms with Crippen molar-refractivity contribution in [3.05, 3.63) is 47.5 Å². The van der Waals surface area contributed by atoms with Gasteiger partial charge >= 0.3 is 0 Å². The van der Waals surface area contributed by atoms with Crippen molar-refractivity contribution in [3.63, 3.8) is 0 Å². The zero-order valence-corrected chi connectivity index (χ0v) is 17.0. The predicted molar refractivity (Wildman–Crippen MR) is 110 cm³/mol. The first-order chi connectivity index (χ1) is 13.5. The van der Waals surface area contributed by atoms with Crippen LogP contribution >= 0.6 is 0 Å². The van der Waals surface area contributed by atoms with E-state index in [2.05, 4.69) is 41.4 Å². The van der Waals surface area contributed by atoms with Gasteiger partial charge in [-0.1, -0.05) is 12.1 Å². The summed E-state index contributed by atoms with van der Waals surface area (Å²) in [5.41, 5.74) is 3.00. The molecule has 6 heteroatoms. The molecule has 0 radical (unpaired) electrons. The maximum atomic E-state index is 12.7. The molecule has 1 aliphatic heterocycles. The molecule has 1 amide bonds. The van der Waals surface area contributed by atoms with E-state index < -0.39 is 0 Å². The Morgan fingerprint density at radius 3 is 2.43 bits per heavy atom. The SMILES string of the molecule is COc1cc(C(=O)NCC2CCN(c3cccc(C)c3)C2)cc(OC)c1OC. The molecule has 0 spiro atoms. The van der Waals surface area contributed by atoms with Gasteiger partial charge in [-0.15, -0.1) is 0 Å². The van der Waals surface area contributed by atoms with E-state index in [1.807, 2.05) is 0 Å². The molecule has 0 aromatic heterocycles. The largest absolute Gasteiger partial charge is 0.493 e. The molecule has 150 valence electrons. The minimum Gasteiger partial charge on any atom is -0.493 e. The summed E-state index contributed by atoms with van der Waals surface area (Å²) < 4.78 is 16.0. The van der Waals surface area contributed by atoms with Crippen LogP contribution in [0, 0.1) is 12.8 Å². The summed E-state index contributed by atoms with van der Waals surface area (Å²) in [6, 6.07) is 11.9. The Morgan fingerprint density at radius 2 is 1.82 bits per heavy atom. The Balaban J connectivity index is 1.62. The lowest BCUT2D eigenvalue weighted by atomic mass is 10.1. The average Bonchev–Trinajstić information content (AvgIpc) is 3.19. The molecule has 1 unspecified atom stereocenters. The van der Waals surface area contributed by atoms with Crippen LogP contribution in [-0.4, -0.2) is 46.9 Å². The molecule has 0 aliphatic carbocycles. The van der Waals surface area contributed by atoms with Crippen LogP contribution in [0.15, 0.2) is 36.4 Å². The molecular weight excluding hydrogens is 356 g/mol. The van der Waals surface area contributed by atoms with Crippen molar-refractivity contribution in [1.82, 2.24) is 5.32 Å². The summed E-state index contributed by atoms with van der Waals surface area (Å²) >= 11 is 0. The molecule has 2 aromatic carbocycles. The fourth-order valence-electron chi connectivity index (χ4n) is 3.61. The van der Waals surface area contributed by atoms with Gasteiger partial charge in [0.15, 0.2) is 11.5 Å². The van der Waals surface area contributed by atoms with E-state index in [-0.39, 0.29) is 5.91 Å². The minimum absolute atomic E-state index is 0.145. The number of hydrogen-bond acceptors (Lipinski definition) is 5. The summed E-state index contributed by atoms with van der Waals surface area (Å²) in [6.07, 6.45) is 1.06. The van der Waals surface area contributed by atoms with Gasteiger partial charge in [0.1, 0.15) is 0 Å². The van der Waals surface area contributed by atoms with E-state index in [9.17, 15) is 4.79 Å². The zero-order chi connectivity index (χ0) is 20.1. The van der Waals surface area contributed by atoms with E-state index in [0.29, 0.717) is 35.3 Å². The van der Waals surface area contributed by atoms with Crippen LogP contribution in [0.4, 0.5) is 5.69 Å². The van der Waals surface area contributed by atoms with Crippen LogP contribution in [-0.2, 0) is 0 Å². The summed E-state index contributed by atoms with van der Waals surface area (Å²) in [4.78, 5) is 15.0. The Kier molecular flexibility index (Phi) is 6.29. The summed E-state index contributed by atoms with van der Waals surface area (Å²) in [6.45, 7) is 4.69. The van der Waals surface area contributed by atoms with Crippen molar-refractivity contribution in [2.45, 2.75) is 13.3 Å². The second-order valence-corrected chi connectivity index (χ2v) is 7.06. The van der Waals surface area contributed by atoms with Crippen LogP contribution in [0.2, 0.25) is 0 Å². The van der Waals surface area contributed by atoms with Gasteiger partial charge in [0.2, 0.25) is 5.75 Å². The maximum absolute atomic E-state index is 12.7. The third kappa shape index (κ3) is 4.32. The van der Waals surface area contributed by atoms with Gasteiger partial charge in [0, 0.05) is 30.9 Å². The molecule has 1 saturated heterocycles. The zero-order valence-electron chi connectivity index (χ0n) is 17.0. The minimum atomic E-state index is -0.145. The van der Waals surface area contributed by atoms with Crippen molar-refractivity contribution in [1.29, 1.82) is 0 Å². The number of carbonyl (C=O) groups excluding carboxylic acids is 1. The number of ether oxygens (including phenoxy) is 3. The lowest BCUT2D eigenvalue weighted by Gasteiger charge is -2.19. The molecule has 28 heavy (non-hydrogen) atoms. The number of methoxy groups -OCH3 is 3. The predicted octanol–water partition coefficient (Wildman–Crippen LogP) is 3.28. The number of rotatable bonds is 7. The van der Waals surface area contributed by atoms with Gasteiger partial charge in [0.05, 0.1) is 21.3 Å². The number of amides is 1. The first kappa shape index (κ1) is 19.9. The fourth-order valence-corrected chi connectivity index (χ4v) is 3.61. The van der Waals surface area contributed by atoms with E-state index in [0.717, 1.165) is 19.5 Å². The second kappa shape index (κ2) is 8.87. The highest BCUT2D eigenvalue weighted by molar-refractivity contribution is 5.95. The van der Waals surface area contributed by atoms with Gasteiger partial charge in [-0.3, -0.25) is 4.79 Å². The van der Waals surface area contributed by atoms with Gasteiger partial charge < -0.3 is 24.4 Å². The third-order valence-corrected chi connectivity index (χ3v) is 5.13. The highest BCUT2D eigenvalue weighted by Crippen LogP contribution is 2.38. The van der Waals surface area contributed by atoms with E-state index in [1.165, 1.54) is 25.5 Å². The molecule has 3 rings (SSSR count). The number of nitrogens with zero attached hydrogens (tertiary/aromatic N) is 1. The number of hydrogen-bond donors (Lipinski definition) is 1. The van der Waals surface area contributed by atoms with Crippen molar-refractivity contribution in [2.75, 3.05) is 45.9 Å². The van der Waals surface area contributed by atoms with Crippen LogP contribution < -0.4 is 24.4 Å². The van der Waals surface area contributed by atoms with Crippen LogP contribution in [0.25, 0.3) is 0 Å². The Bertz CT molecular complexity index is 812. The molecule has 1 N–H and O–H groups in total. The highest BCUT2D eigenvalue weighted by Gasteiger charge is 2.24. The number of nitrogens with one attached hydrogen (secondary N) is 1. The molecule has 1 heterocycles. The molecule has 0 bridgehead atoms. The summed E-state index contributed by atoms with van der Waals surface area (Å²) in [5.74, 6) is 1.70. The molecular formula is C22H28N2O4. The van der Waals surface area contributed by atoms with Crippen LogP contribution in [0.5, 0.6) is 17.2 Å². The summed E-state index contributed by atoms with van der Waals surface area (Å²) in [5, 5.41) is 3.05. The number of anilines is 1. The topological polar surface area (TPSA) is 60.0 Å². The summed E-state index contributed by atoms with van der Waals surface area (Å²) in [7, 11) is 4.62. The lowest BCUT2D eigenvalue weighted by molar-refractivity contribution is 0.0947. The highest BCUT2D eigenvalue weighted by atomic mass is 16.5. The lowest BCUT2D eigenvalue weighted by Crippen LogP contribution is -2.31. The number of carbonyl (C=O) groups is 1. The van der Waals surface area contributed by atoms with Crippen molar-refractivity contribution in [3.8, 4) is 17.2 Å². The monoisotopic (exact) mass is 384 g/mol. The molecule has 1 atom stereocenters. The smallest absolute Gasteiger partial charge is 0.251 e. The Hall–Kier alpha value is -2.89. The molecule has 2 aromatic rings. The number of benzene rings is 2. The van der Waals surface area contributed by atoms with E-state index in [4.69, 9.17) is 14.2 Å². The van der Waals surface area contributed by atoms with Crippen LogP contribution in [0.1, 0.15) is 22.3 Å². The van der Waals surface area contributed by atoms with E-state index >= 15 is 0 Å². The van der Waals surface area contributed by atoms with Gasteiger partial charge in [-0.05, 0) is 49.1 Å². The quantitative estimate of drug-likeness (QED) is 0.794. The molecule has 6 nitrogen and oxygen atoms in total. The number of aryl methyl sites for hydroxylation is 1. The van der Waals surface area contributed by atoms with Gasteiger partial charge in [0.25, 0.3) is 5.91 Å². The first-order valence-electron chi connectivity index (χ1n) is 9.45. The standard InChI is InChI=1S/C22H28N2O4/c1-15-6-5-7-18(10-15)24-9-8-16(14-24)13-23-22(25)17-11-19(26-2)21(28-4)20(12-17)27-3/h5-7,10-12,16H,8-9,13-14H2,1-4H3,(H,23,25). The average molecular weight is 384 g/mol. The Labute approximate surface area is 166 Å². The van der Waals surface area contributed by atoms with Crippen molar-refractivity contribution >= 4 is 11.6 Å². The third-order valence-electron chi connectivity index (χ3n) is 5.13. The van der Waals surface area contributed by atoms with Crippen molar-refractivity contribution < 1.29 is 19.0 Å². The molecule has 1 fully saturated rings. The van der Waals surface area contributed by atoms with Crippen LogP contribution in [0.3, 0.4) is 0 Å². The normalized spacial score (nSPS) is 16.0.